The standard InChI is InChI=1S/C19H23NO3S/c1-3-4-11-23-19(22)18-13(2)17(10-9-16(18)21)24-15-7-5-14(12-20)6-8-15/h5-10,21H,3-4,11-12,20H2,1-2H3. The Labute approximate surface area is 147 Å². The molecule has 0 heterocycles. The van der Waals surface area contributed by atoms with Gasteiger partial charge in [-0.3, -0.25) is 0 Å². The molecule has 0 aromatic heterocycles. The number of carbonyl (C=O) groups is 1. The first-order chi connectivity index (χ1) is 11.6. The molecule has 5 heteroatoms. The average molecular weight is 345 g/mol. The first-order valence-corrected chi connectivity index (χ1v) is 8.85. The summed E-state index contributed by atoms with van der Waals surface area (Å²) in [5, 5.41) is 10.1. The van der Waals surface area contributed by atoms with Gasteiger partial charge in [0.25, 0.3) is 0 Å². The van der Waals surface area contributed by atoms with Crippen LogP contribution in [0.1, 0.15) is 41.3 Å². The maximum atomic E-state index is 12.2. The second-order valence-electron chi connectivity index (χ2n) is 5.52. The minimum Gasteiger partial charge on any atom is -0.507 e. The highest BCUT2D eigenvalue weighted by molar-refractivity contribution is 7.99. The first-order valence-electron chi connectivity index (χ1n) is 8.03. The van der Waals surface area contributed by atoms with Gasteiger partial charge in [-0.15, -0.1) is 0 Å². The Kier molecular flexibility index (Phi) is 6.70. The summed E-state index contributed by atoms with van der Waals surface area (Å²) in [6, 6.07) is 11.3. The van der Waals surface area contributed by atoms with E-state index < -0.39 is 5.97 Å². The van der Waals surface area contributed by atoms with Crippen LogP contribution in [0, 0.1) is 6.92 Å². The molecule has 4 nitrogen and oxygen atoms in total. The number of rotatable bonds is 7. The fourth-order valence-corrected chi connectivity index (χ4v) is 3.17. The molecule has 2 aromatic rings. The highest BCUT2D eigenvalue weighted by Gasteiger charge is 2.18. The van der Waals surface area contributed by atoms with Gasteiger partial charge >= 0.3 is 5.97 Å². The van der Waals surface area contributed by atoms with Crippen molar-refractivity contribution >= 4 is 17.7 Å². The summed E-state index contributed by atoms with van der Waals surface area (Å²) in [6.07, 6.45) is 1.76. The normalized spacial score (nSPS) is 10.6. The topological polar surface area (TPSA) is 72.5 Å². The van der Waals surface area contributed by atoms with Gasteiger partial charge in [-0.1, -0.05) is 37.2 Å². The number of phenols is 1. The van der Waals surface area contributed by atoms with Crippen LogP contribution < -0.4 is 5.73 Å². The lowest BCUT2D eigenvalue weighted by molar-refractivity contribution is 0.0495. The minimum absolute atomic E-state index is 0.0446. The number of ether oxygens (including phenoxy) is 1. The molecule has 0 aliphatic heterocycles. The molecule has 0 spiro atoms. The molecule has 0 fully saturated rings. The highest BCUT2D eigenvalue weighted by atomic mass is 32.2. The van der Waals surface area contributed by atoms with Gasteiger partial charge in [-0.25, -0.2) is 4.79 Å². The molecule has 0 unspecified atom stereocenters. The average Bonchev–Trinajstić information content (AvgIpc) is 2.58. The van der Waals surface area contributed by atoms with Crippen molar-refractivity contribution < 1.29 is 14.6 Å². The van der Waals surface area contributed by atoms with Crippen LogP contribution in [0.15, 0.2) is 46.2 Å². The van der Waals surface area contributed by atoms with Crippen LogP contribution in [-0.2, 0) is 11.3 Å². The van der Waals surface area contributed by atoms with Gasteiger partial charge in [0.1, 0.15) is 11.3 Å². The van der Waals surface area contributed by atoms with Gasteiger partial charge in [-0.05, 0) is 48.7 Å². The van der Waals surface area contributed by atoms with E-state index >= 15 is 0 Å². The molecule has 0 bridgehead atoms. The molecule has 0 radical (unpaired) electrons. The van der Waals surface area contributed by atoms with Crippen molar-refractivity contribution in [2.45, 2.75) is 43.0 Å². The van der Waals surface area contributed by atoms with E-state index in [-0.39, 0.29) is 11.3 Å². The fraction of sp³-hybridized carbons (Fsp3) is 0.316. The second kappa shape index (κ2) is 8.76. The van der Waals surface area contributed by atoms with E-state index in [1.54, 1.807) is 17.8 Å². The third kappa shape index (κ3) is 4.52. The quantitative estimate of drug-likeness (QED) is 0.579. The van der Waals surface area contributed by atoms with Crippen LogP contribution >= 0.6 is 11.8 Å². The van der Waals surface area contributed by atoms with Crippen molar-refractivity contribution in [3.8, 4) is 5.75 Å². The summed E-state index contributed by atoms with van der Waals surface area (Å²) in [4.78, 5) is 14.2. The van der Waals surface area contributed by atoms with Gasteiger partial charge in [0, 0.05) is 16.3 Å². The Morgan fingerprint density at radius 3 is 2.54 bits per heavy atom. The zero-order chi connectivity index (χ0) is 17.5. The Balaban J connectivity index is 2.21. The molecule has 0 aliphatic rings. The van der Waals surface area contributed by atoms with Crippen LogP contribution in [0.3, 0.4) is 0 Å². The number of hydrogen-bond acceptors (Lipinski definition) is 5. The predicted molar refractivity (Wildman–Crippen MR) is 96.5 cm³/mol. The first kappa shape index (κ1) is 18.4. The number of hydrogen-bond donors (Lipinski definition) is 2. The summed E-state index contributed by atoms with van der Waals surface area (Å²) >= 11 is 1.54. The smallest absolute Gasteiger partial charge is 0.342 e. The van der Waals surface area contributed by atoms with Crippen LogP contribution in [0.5, 0.6) is 5.75 Å². The van der Waals surface area contributed by atoms with E-state index in [9.17, 15) is 9.90 Å². The third-order valence-corrected chi connectivity index (χ3v) is 4.89. The van der Waals surface area contributed by atoms with Crippen LogP contribution in [-0.4, -0.2) is 17.7 Å². The van der Waals surface area contributed by atoms with Crippen LogP contribution in [0.2, 0.25) is 0 Å². The van der Waals surface area contributed by atoms with E-state index in [4.69, 9.17) is 10.5 Å². The molecule has 128 valence electrons. The number of phenolic OH excluding ortho intramolecular Hbond substituents is 1. The number of esters is 1. The number of unbranched alkanes of at least 4 members (excludes halogenated alkanes) is 1. The predicted octanol–water partition coefficient (Wildman–Crippen LogP) is 4.27. The summed E-state index contributed by atoms with van der Waals surface area (Å²) in [5.41, 5.74) is 7.65. The number of carbonyl (C=O) groups excluding carboxylic acids is 1. The lowest BCUT2D eigenvalue weighted by Gasteiger charge is -2.13. The Morgan fingerprint density at radius 1 is 1.21 bits per heavy atom. The third-order valence-electron chi connectivity index (χ3n) is 3.72. The molecule has 0 amide bonds. The highest BCUT2D eigenvalue weighted by Crippen LogP contribution is 2.35. The summed E-state index contributed by atoms with van der Waals surface area (Å²) in [7, 11) is 0. The molecule has 0 saturated carbocycles. The molecule has 0 saturated heterocycles. The number of aromatic hydroxyl groups is 1. The SMILES string of the molecule is CCCCOC(=O)c1c(O)ccc(Sc2ccc(CN)cc2)c1C. The summed E-state index contributed by atoms with van der Waals surface area (Å²) in [5.74, 6) is -0.517. The molecular formula is C19H23NO3S. The maximum Gasteiger partial charge on any atom is 0.342 e. The monoisotopic (exact) mass is 345 g/mol. The van der Waals surface area contributed by atoms with Crippen molar-refractivity contribution in [1.29, 1.82) is 0 Å². The Hall–Kier alpha value is -1.98. The zero-order valence-corrected chi connectivity index (χ0v) is 14.9. The van der Waals surface area contributed by atoms with Gasteiger partial charge in [0.05, 0.1) is 6.61 Å². The molecular weight excluding hydrogens is 322 g/mol. The van der Waals surface area contributed by atoms with Crippen LogP contribution in [0.25, 0.3) is 0 Å². The van der Waals surface area contributed by atoms with E-state index in [2.05, 4.69) is 0 Å². The lowest BCUT2D eigenvalue weighted by atomic mass is 10.1. The maximum absolute atomic E-state index is 12.2. The molecule has 2 rings (SSSR count). The lowest BCUT2D eigenvalue weighted by Crippen LogP contribution is -2.09. The van der Waals surface area contributed by atoms with E-state index in [0.717, 1.165) is 33.8 Å². The molecule has 0 aliphatic carbocycles. The van der Waals surface area contributed by atoms with Gasteiger partial charge in [0.2, 0.25) is 0 Å². The van der Waals surface area contributed by atoms with Gasteiger partial charge in [0.15, 0.2) is 0 Å². The number of benzene rings is 2. The molecule has 2 aromatic carbocycles. The van der Waals surface area contributed by atoms with E-state index in [1.807, 2.05) is 44.2 Å². The van der Waals surface area contributed by atoms with E-state index in [0.29, 0.717) is 13.2 Å². The van der Waals surface area contributed by atoms with Gasteiger partial charge < -0.3 is 15.6 Å². The van der Waals surface area contributed by atoms with Crippen molar-refractivity contribution in [3.63, 3.8) is 0 Å². The second-order valence-corrected chi connectivity index (χ2v) is 6.64. The summed E-state index contributed by atoms with van der Waals surface area (Å²) in [6.45, 7) is 4.74. The number of nitrogens with two attached hydrogens (primary N) is 1. The van der Waals surface area contributed by atoms with Crippen molar-refractivity contribution in [2.24, 2.45) is 5.73 Å². The van der Waals surface area contributed by atoms with Crippen molar-refractivity contribution in [3.05, 3.63) is 53.1 Å². The van der Waals surface area contributed by atoms with E-state index in [1.165, 1.54) is 0 Å². The molecule has 24 heavy (non-hydrogen) atoms. The Bertz CT molecular complexity index is 699. The largest absolute Gasteiger partial charge is 0.507 e. The van der Waals surface area contributed by atoms with Crippen molar-refractivity contribution in [2.75, 3.05) is 6.61 Å². The molecule has 0 atom stereocenters. The van der Waals surface area contributed by atoms with Gasteiger partial charge in [-0.2, -0.15) is 0 Å². The minimum atomic E-state index is -0.473. The molecule has 3 N–H and O–H groups in total. The van der Waals surface area contributed by atoms with Crippen LogP contribution in [0.4, 0.5) is 0 Å². The Morgan fingerprint density at radius 2 is 1.92 bits per heavy atom. The van der Waals surface area contributed by atoms with Crippen molar-refractivity contribution in [1.82, 2.24) is 0 Å². The fourth-order valence-electron chi connectivity index (χ4n) is 2.25. The zero-order valence-electron chi connectivity index (χ0n) is 14.0. The summed E-state index contributed by atoms with van der Waals surface area (Å²) < 4.78 is 5.24.